The zero-order chi connectivity index (χ0) is 19.6. The Labute approximate surface area is 168 Å². The number of thioether (sulfide) groups is 2. The quantitative estimate of drug-likeness (QED) is 0.359. The molecule has 0 heterocycles. The molecule has 0 saturated heterocycles. The molecule has 4 atom stereocenters. The molecule has 0 aromatic heterocycles. The number of hydrogen-bond donors (Lipinski definition) is 5. The van der Waals surface area contributed by atoms with E-state index in [4.69, 9.17) is 5.11 Å². The van der Waals surface area contributed by atoms with E-state index < -0.39 is 35.6 Å². The van der Waals surface area contributed by atoms with Crippen LogP contribution in [0.15, 0.2) is 60.7 Å². The summed E-state index contributed by atoms with van der Waals surface area (Å²) in [6.45, 7) is -0.691. The van der Waals surface area contributed by atoms with Crippen LogP contribution in [-0.4, -0.2) is 61.1 Å². The van der Waals surface area contributed by atoms with E-state index in [-0.39, 0.29) is 0 Å². The number of hydrogen-bond acceptors (Lipinski definition) is 7. The van der Waals surface area contributed by atoms with Gasteiger partial charge in [0.2, 0.25) is 0 Å². The summed E-state index contributed by atoms with van der Waals surface area (Å²) in [6.07, 6.45) is -5.97. The lowest BCUT2D eigenvalue weighted by Gasteiger charge is -2.30. The van der Waals surface area contributed by atoms with Crippen LogP contribution in [-0.2, 0) is 11.5 Å². The predicted octanol–water partition coefficient (Wildman–Crippen LogP) is 1.62. The second-order valence-electron chi connectivity index (χ2n) is 6.18. The van der Waals surface area contributed by atoms with E-state index in [2.05, 4.69) is 0 Å². The van der Waals surface area contributed by atoms with Crippen molar-refractivity contribution in [2.45, 2.75) is 40.5 Å². The molecule has 148 valence electrons. The summed E-state index contributed by atoms with van der Waals surface area (Å²) in [5.74, 6) is 1.27. The monoisotopic (exact) mass is 410 g/mol. The number of benzene rings is 2. The highest BCUT2D eigenvalue weighted by molar-refractivity contribution is 8.16. The molecular weight excluding hydrogens is 384 g/mol. The molecule has 27 heavy (non-hydrogen) atoms. The average Bonchev–Trinajstić information content (AvgIpc) is 2.73. The van der Waals surface area contributed by atoms with Crippen molar-refractivity contribution in [1.29, 1.82) is 0 Å². The van der Waals surface area contributed by atoms with Gasteiger partial charge in [0.15, 0.2) is 0 Å². The minimum absolute atomic E-state index is 0.430. The van der Waals surface area contributed by atoms with Crippen molar-refractivity contribution >= 4 is 23.5 Å². The Morgan fingerprint density at radius 2 is 1.07 bits per heavy atom. The lowest BCUT2D eigenvalue weighted by molar-refractivity contribution is -0.111. The first-order chi connectivity index (χ1) is 13.0. The first kappa shape index (κ1) is 22.2. The summed E-state index contributed by atoms with van der Waals surface area (Å²) in [7, 11) is 0. The molecule has 7 heteroatoms. The van der Waals surface area contributed by atoms with Gasteiger partial charge in [-0.15, -0.1) is 23.5 Å². The summed E-state index contributed by atoms with van der Waals surface area (Å²) < 4.78 is -0.430. The Morgan fingerprint density at radius 1 is 0.630 bits per heavy atom. The summed E-state index contributed by atoms with van der Waals surface area (Å²) in [4.78, 5) is 0. The fourth-order valence-electron chi connectivity index (χ4n) is 2.45. The molecule has 2 rings (SSSR count). The third kappa shape index (κ3) is 7.12. The molecule has 5 nitrogen and oxygen atoms in total. The topological polar surface area (TPSA) is 101 Å². The van der Waals surface area contributed by atoms with Gasteiger partial charge in [0.25, 0.3) is 0 Å². The minimum atomic E-state index is -1.62. The van der Waals surface area contributed by atoms with Crippen molar-refractivity contribution in [3.63, 3.8) is 0 Å². The number of aliphatic hydroxyl groups is 5. The van der Waals surface area contributed by atoms with E-state index in [0.29, 0.717) is 11.5 Å². The van der Waals surface area contributed by atoms with Gasteiger partial charge in [-0.1, -0.05) is 60.7 Å². The van der Waals surface area contributed by atoms with Crippen LogP contribution in [0.1, 0.15) is 11.1 Å². The molecule has 2 aromatic carbocycles. The summed E-state index contributed by atoms with van der Waals surface area (Å²) >= 11 is 2.93. The van der Waals surface area contributed by atoms with Gasteiger partial charge in [0.05, 0.1) is 11.2 Å². The van der Waals surface area contributed by atoms with E-state index in [1.54, 1.807) is 0 Å². The Morgan fingerprint density at radius 3 is 1.48 bits per heavy atom. The zero-order valence-corrected chi connectivity index (χ0v) is 16.5. The third-order valence-electron chi connectivity index (χ3n) is 4.07. The van der Waals surface area contributed by atoms with Gasteiger partial charge < -0.3 is 25.5 Å². The molecule has 4 unspecified atom stereocenters. The highest BCUT2D eigenvalue weighted by Gasteiger charge is 2.35. The SMILES string of the molecule is OCC(O)C(O)C(O)C(O)C(SCc1ccccc1)SCc1ccccc1. The fourth-order valence-corrected chi connectivity index (χ4v) is 5.06. The number of rotatable bonds is 11. The molecule has 0 aliphatic carbocycles. The van der Waals surface area contributed by atoms with E-state index in [1.165, 1.54) is 23.5 Å². The van der Waals surface area contributed by atoms with Crippen molar-refractivity contribution in [3.8, 4) is 0 Å². The molecule has 0 aliphatic rings. The molecule has 0 radical (unpaired) electrons. The van der Waals surface area contributed by atoms with Crippen LogP contribution < -0.4 is 0 Å². The second-order valence-corrected chi connectivity index (χ2v) is 8.74. The molecular formula is C20H26O5S2. The highest BCUT2D eigenvalue weighted by atomic mass is 32.2. The Hall–Kier alpha value is -1.06. The van der Waals surface area contributed by atoms with Crippen molar-refractivity contribution < 1.29 is 25.5 Å². The summed E-state index contributed by atoms with van der Waals surface area (Å²) in [6, 6.07) is 19.6. The molecule has 0 amide bonds. The van der Waals surface area contributed by atoms with Crippen molar-refractivity contribution in [2.24, 2.45) is 0 Å². The molecule has 0 saturated carbocycles. The predicted molar refractivity (Wildman–Crippen MR) is 110 cm³/mol. The maximum Gasteiger partial charge on any atom is 0.111 e. The summed E-state index contributed by atoms with van der Waals surface area (Å²) in [5, 5.41) is 49.3. The van der Waals surface area contributed by atoms with Crippen LogP contribution in [0.25, 0.3) is 0 Å². The van der Waals surface area contributed by atoms with Crippen LogP contribution in [0.3, 0.4) is 0 Å². The van der Waals surface area contributed by atoms with E-state index >= 15 is 0 Å². The van der Waals surface area contributed by atoms with Crippen LogP contribution in [0.5, 0.6) is 0 Å². The fraction of sp³-hybridized carbons (Fsp3) is 0.400. The van der Waals surface area contributed by atoms with Gasteiger partial charge in [0.1, 0.15) is 24.4 Å². The van der Waals surface area contributed by atoms with Crippen LogP contribution >= 0.6 is 23.5 Å². The van der Waals surface area contributed by atoms with Gasteiger partial charge >= 0.3 is 0 Å². The van der Waals surface area contributed by atoms with Crippen LogP contribution in [0, 0.1) is 0 Å². The van der Waals surface area contributed by atoms with Gasteiger partial charge in [-0.2, -0.15) is 0 Å². The van der Waals surface area contributed by atoms with Gasteiger partial charge in [-0.05, 0) is 11.1 Å². The second kappa shape index (κ2) is 11.7. The van der Waals surface area contributed by atoms with Crippen molar-refractivity contribution in [3.05, 3.63) is 71.8 Å². The highest BCUT2D eigenvalue weighted by Crippen LogP contribution is 2.34. The van der Waals surface area contributed by atoms with Crippen LogP contribution in [0.4, 0.5) is 0 Å². The van der Waals surface area contributed by atoms with Gasteiger partial charge in [0, 0.05) is 11.5 Å². The van der Waals surface area contributed by atoms with Gasteiger partial charge in [-0.25, -0.2) is 0 Å². The molecule has 0 aliphatic heterocycles. The Bertz CT molecular complexity index is 600. The molecule has 5 N–H and O–H groups in total. The van der Waals surface area contributed by atoms with Crippen molar-refractivity contribution in [1.82, 2.24) is 0 Å². The third-order valence-corrected chi connectivity index (χ3v) is 7.11. The molecule has 0 fully saturated rings. The lowest BCUT2D eigenvalue weighted by atomic mass is 10.0. The van der Waals surface area contributed by atoms with Crippen LogP contribution in [0.2, 0.25) is 0 Å². The van der Waals surface area contributed by atoms with Gasteiger partial charge in [-0.3, -0.25) is 0 Å². The lowest BCUT2D eigenvalue weighted by Crippen LogP contribution is -2.48. The van der Waals surface area contributed by atoms with E-state index in [0.717, 1.165) is 11.1 Å². The largest absolute Gasteiger partial charge is 0.394 e. The number of aliphatic hydroxyl groups excluding tert-OH is 5. The Kier molecular flexibility index (Phi) is 9.64. The zero-order valence-electron chi connectivity index (χ0n) is 14.8. The maximum absolute atomic E-state index is 10.6. The molecule has 2 aromatic rings. The van der Waals surface area contributed by atoms with Crippen molar-refractivity contribution in [2.75, 3.05) is 6.61 Å². The first-order valence-electron chi connectivity index (χ1n) is 8.67. The molecule has 0 bridgehead atoms. The first-order valence-corrected chi connectivity index (χ1v) is 10.8. The molecule has 0 spiro atoms. The summed E-state index contributed by atoms with van der Waals surface area (Å²) in [5.41, 5.74) is 2.18. The minimum Gasteiger partial charge on any atom is -0.394 e. The maximum atomic E-state index is 10.6. The normalized spacial score (nSPS) is 16.1. The average molecular weight is 411 g/mol. The Balaban J connectivity index is 2.04. The smallest absolute Gasteiger partial charge is 0.111 e. The van der Waals surface area contributed by atoms with E-state index in [9.17, 15) is 20.4 Å². The standard InChI is InChI=1S/C20H26O5S2/c21-11-16(22)17(23)18(24)19(25)20(26-12-14-7-3-1-4-8-14)27-13-15-9-5-2-6-10-15/h1-10,16-25H,11-13H2. The van der Waals surface area contributed by atoms with E-state index in [1.807, 2.05) is 60.7 Å².